The molecule has 3 atom stereocenters. The van der Waals surface area contributed by atoms with E-state index in [0.717, 1.165) is 55.8 Å². The van der Waals surface area contributed by atoms with Gasteiger partial charge in [0.05, 0.1) is 19.3 Å². The summed E-state index contributed by atoms with van der Waals surface area (Å²) in [6.07, 6.45) is 8.69. The first-order valence-corrected chi connectivity index (χ1v) is 10.8. The van der Waals surface area contributed by atoms with Gasteiger partial charge in [-0.15, -0.1) is 0 Å². The van der Waals surface area contributed by atoms with Crippen molar-refractivity contribution in [2.24, 2.45) is 0 Å². The summed E-state index contributed by atoms with van der Waals surface area (Å²) in [6.45, 7) is 5.73. The average Bonchev–Trinajstić information content (AvgIpc) is 3.44. The summed E-state index contributed by atoms with van der Waals surface area (Å²) in [5.41, 5.74) is 2.84. The molecule has 2 N–H and O–H groups in total. The molecular formula is C23H30N4O3. The Hall–Kier alpha value is -2.35. The molecule has 2 aromatic heterocycles. The lowest BCUT2D eigenvalue weighted by Gasteiger charge is -2.34. The number of pyridine rings is 1. The number of allylic oxidation sites excluding steroid dienone is 2. The fourth-order valence-corrected chi connectivity index (χ4v) is 5.05. The number of fused-ring (bicyclic) bond motifs is 5. The Balaban J connectivity index is 1.34. The lowest BCUT2D eigenvalue weighted by molar-refractivity contribution is -0.00500. The Labute approximate surface area is 177 Å². The van der Waals surface area contributed by atoms with E-state index in [1.165, 1.54) is 0 Å². The Morgan fingerprint density at radius 2 is 1.77 bits per heavy atom. The molecule has 5 rings (SSSR count). The van der Waals surface area contributed by atoms with Gasteiger partial charge in [-0.3, -0.25) is 14.5 Å². The number of nitrogens with zero attached hydrogens (tertiary/aromatic N) is 4. The van der Waals surface area contributed by atoms with Gasteiger partial charge in [-0.25, -0.2) is 0 Å². The van der Waals surface area contributed by atoms with Crippen LogP contribution in [0.25, 0.3) is 0 Å². The molecule has 3 aliphatic rings. The van der Waals surface area contributed by atoms with Crippen molar-refractivity contribution in [1.82, 2.24) is 19.4 Å². The van der Waals surface area contributed by atoms with Crippen LogP contribution in [0.4, 0.5) is 0 Å². The summed E-state index contributed by atoms with van der Waals surface area (Å²) in [5, 5.41) is 21.8. The Morgan fingerprint density at radius 1 is 1.07 bits per heavy atom. The molecule has 0 saturated carbocycles. The Morgan fingerprint density at radius 3 is 2.40 bits per heavy atom. The molecule has 1 fully saturated rings. The third kappa shape index (κ3) is 3.62. The van der Waals surface area contributed by atoms with Crippen LogP contribution in [-0.2, 0) is 17.9 Å². The van der Waals surface area contributed by atoms with Gasteiger partial charge < -0.3 is 19.8 Å². The van der Waals surface area contributed by atoms with Crippen molar-refractivity contribution in [2.75, 3.05) is 39.8 Å². The molecule has 0 spiro atoms. The summed E-state index contributed by atoms with van der Waals surface area (Å²) >= 11 is 0. The van der Waals surface area contributed by atoms with Gasteiger partial charge in [0.15, 0.2) is 11.8 Å². The predicted octanol–water partition coefficient (Wildman–Crippen LogP) is 2.27. The SMILES string of the molecule is CN1CCN(CC(Cn2c(O)c3c(c2O)[C@H]2C=CC3C2)OCc2cccnc2)CC1. The minimum Gasteiger partial charge on any atom is -0.494 e. The monoisotopic (exact) mass is 410 g/mol. The highest BCUT2D eigenvalue weighted by atomic mass is 16.5. The van der Waals surface area contributed by atoms with E-state index in [1.807, 2.05) is 18.3 Å². The summed E-state index contributed by atoms with van der Waals surface area (Å²) in [6, 6.07) is 3.91. The third-order valence-electron chi connectivity index (χ3n) is 6.76. The Kier molecular flexibility index (Phi) is 5.26. The molecule has 1 saturated heterocycles. The lowest BCUT2D eigenvalue weighted by Crippen LogP contribution is -2.48. The summed E-state index contributed by atoms with van der Waals surface area (Å²) < 4.78 is 7.94. The number of rotatable bonds is 7. The number of ether oxygens (including phenoxy) is 1. The second-order valence-electron chi connectivity index (χ2n) is 8.82. The highest BCUT2D eigenvalue weighted by Crippen LogP contribution is 2.56. The molecule has 2 unspecified atom stereocenters. The van der Waals surface area contributed by atoms with E-state index in [-0.39, 0.29) is 29.7 Å². The van der Waals surface area contributed by atoms with Gasteiger partial charge in [-0.2, -0.15) is 0 Å². The second kappa shape index (κ2) is 8.06. The van der Waals surface area contributed by atoms with Crippen molar-refractivity contribution >= 4 is 0 Å². The van der Waals surface area contributed by atoms with Gasteiger partial charge in [0, 0.05) is 68.1 Å². The van der Waals surface area contributed by atoms with E-state index in [0.29, 0.717) is 13.2 Å². The number of hydrogen-bond acceptors (Lipinski definition) is 6. The van der Waals surface area contributed by atoms with Crippen LogP contribution in [-0.4, -0.2) is 75.4 Å². The smallest absolute Gasteiger partial charge is 0.198 e. The predicted molar refractivity (Wildman–Crippen MR) is 114 cm³/mol. The average molecular weight is 411 g/mol. The maximum absolute atomic E-state index is 10.9. The first-order chi connectivity index (χ1) is 14.6. The standard InChI is InChI=1S/C23H30N4O3/c1-25-7-9-26(10-8-25)13-19(30-15-16-3-2-6-24-12-16)14-27-22(28)20-17-4-5-18(11-17)21(20)23(27)29/h2-6,12,17-19,28-29H,7-11,13-15H2,1H3/t17-,18?,19?/m0/s1. The fraction of sp³-hybridized carbons (Fsp3) is 0.522. The van der Waals surface area contributed by atoms with Crippen LogP contribution < -0.4 is 0 Å². The van der Waals surface area contributed by atoms with Crippen molar-refractivity contribution in [3.63, 3.8) is 0 Å². The van der Waals surface area contributed by atoms with Crippen LogP contribution in [0.15, 0.2) is 36.7 Å². The summed E-state index contributed by atoms with van der Waals surface area (Å²) in [5.74, 6) is 0.856. The van der Waals surface area contributed by atoms with E-state index in [4.69, 9.17) is 4.74 Å². The van der Waals surface area contributed by atoms with Crippen LogP contribution in [0.1, 0.15) is 34.9 Å². The summed E-state index contributed by atoms with van der Waals surface area (Å²) in [7, 11) is 2.15. The zero-order chi connectivity index (χ0) is 20.7. The van der Waals surface area contributed by atoms with Crippen molar-refractivity contribution in [1.29, 1.82) is 0 Å². The Bertz CT molecular complexity index is 883. The number of aromatic nitrogens is 2. The van der Waals surface area contributed by atoms with E-state index in [9.17, 15) is 10.2 Å². The maximum Gasteiger partial charge on any atom is 0.198 e. The molecule has 0 aromatic carbocycles. The van der Waals surface area contributed by atoms with E-state index < -0.39 is 0 Å². The highest BCUT2D eigenvalue weighted by molar-refractivity contribution is 5.58. The van der Waals surface area contributed by atoms with Gasteiger partial charge in [0.2, 0.25) is 0 Å². The largest absolute Gasteiger partial charge is 0.494 e. The van der Waals surface area contributed by atoms with Crippen molar-refractivity contribution < 1.29 is 14.9 Å². The molecule has 7 nitrogen and oxygen atoms in total. The topological polar surface area (TPSA) is 74.0 Å². The molecule has 2 aliphatic carbocycles. The van der Waals surface area contributed by atoms with Gasteiger partial charge >= 0.3 is 0 Å². The molecule has 1 aliphatic heterocycles. The van der Waals surface area contributed by atoms with Crippen LogP contribution >= 0.6 is 0 Å². The van der Waals surface area contributed by atoms with E-state index >= 15 is 0 Å². The molecule has 2 aromatic rings. The maximum atomic E-state index is 10.9. The van der Waals surface area contributed by atoms with Crippen LogP contribution in [0.5, 0.6) is 11.8 Å². The quantitative estimate of drug-likeness (QED) is 0.682. The lowest BCUT2D eigenvalue weighted by atomic mass is 10.0. The minimum absolute atomic E-state index is 0.149. The molecule has 7 heteroatoms. The molecule has 160 valence electrons. The first kappa shape index (κ1) is 19.6. The van der Waals surface area contributed by atoms with Crippen molar-refractivity contribution in [3.05, 3.63) is 53.4 Å². The van der Waals surface area contributed by atoms with E-state index in [2.05, 4.69) is 34.0 Å². The van der Waals surface area contributed by atoms with Crippen LogP contribution in [0.2, 0.25) is 0 Å². The number of hydrogen-bond donors (Lipinski definition) is 2. The van der Waals surface area contributed by atoms with Gasteiger partial charge in [-0.1, -0.05) is 18.2 Å². The molecule has 30 heavy (non-hydrogen) atoms. The van der Waals surface area contributed by atoms with Crippen molar-refractivity contribution in [3.8, 4) is 11.8 Å². The zero-order valence-electron chi connectivity index (χ0n) is 17.4. The van der Waals surface area contributed by atoms with Gasteiger partial charge in [0.25, 0.3) is 0 Å². The number of likely N-dealkylation sites (N-methyl/N-ethyl adjacent to an activating group) is 1. The fourth-order valence-electron chi connectivity index (χ4n) is 5.05. The molecule has 0 amide bonds. The molecule has 3 heterocycles. The third-order valence-corrected chi connectivity index (χ3v) is 6.76. The molecule has 2 bridgehead atoms. The van der Waals surface area contributed by atoms with Crippen LogP contribution in [0, 0.1) is 0 Å². The minimum atomic E-state index is -0.149. The van der Waals surface area contributed by atoms with Gasteiger partial charge in [0.1, 0.15) is 0 Å². The highest BCUT2D eigenvalue weighted by Gasteiger charge is 2.41. The van der Waals surface area contributed by atoms with E-state index in [1.54, 1.807) is 10.8 Å². The number of piperazine rings is 1. The van der Waals surface area contributed by atoms with Crippen molar-refractivity contribution in [2.45, 2.75) is 37.5 Å². The second-order valence-corrected chi connectivity index (χ2v) is 8.82. The zero-order valence-corrected chi connectivity index (χ0v) is 17.4. The summed E-state index contributed by atoms with van der Waals surface area (Å²) in [4.78, 5) is 8.91. The molecule has 0 radical (unpaired) electrons. The molecular weight excluding hydrogens is 380 g/mol. The normalized spacial score (nSPS) is 24.4. The van der Waals surface area contributed by atoms with Gasteiger partial charge in [-0.05, 0) is 25.1 Å². The van der Waals surface area contributed by atoms with Crippen LogP contribution in [0.3, 0.4) is 0 Å². The number of aromatic hydroxyl groups is 2. The first-order valence-electron chi connectivity index (χ1n) is 10.8.